The standard InChI is InChI=1S/C11H18O3/c12-10(13)9-4-7-11(8-14-9)5-2-1-3-6-11/h9H,1-8H2,(H,12,13). The molecule has 1 spiro atoms. The molecule has 0 aromatic heterocycles. The number of hydrogen-bond donors (Lipinski definition) is 1. The van der Waals surface area contributed by atoms with Crippen LogP contribution in [0.5, 0.6) is 0 Å². The average Bonchev–Trinajstić information content (AvgIpc) is 2.19. The van der Waals surface area contributed by atoms with Gasteiger partial charge in [0.1, 0.15) is 0 Å². The van der Waals surface area contributed by atoms with Crippen molar-refractivity contribution < 1.29 is 14.6 Å². The molecule has 1 unspecified atom stereocenters. The van der Waals surface area contributed by atoms with Crippen molar-refractivity contribution in [3.8, 4) is 0 Å². The molecule has 14 heavy (non-hydrogen) atoms. The molecule has 1 N–H and O–H groups in total. The summed E-state index contributed by atoms with van der Waals surface area (Å²) in [5.41, 5.74) is 0.338. The van der Waals surface area contributed by atoms with Crippen LogP contribution >= 0.6 is 0 Å². The number of ether oxygens (including phenoxy) is 1. The first-order chi connectivity index (χ1) is 6.72. The molecule has 1 saturated carbocycles. The van der Waals surface area contributed by atoms with Gasteiger partial charge in [0, 0.05) is 0 Å². The zero-order valence-corrected chi connectivity index (χ0v) is 8.50. The number of rotatable bonds is 1. The third kappa shape index (κ3) is 1.92. The van der Waals surface area contributed by atoms with Gasteiger partial charge < -0.3 is 9.84 Å². The molecule has 1 atom stereocenters. The lowest BCUT2D eigenvalue weighted by Crippen LogP contribution is -2.40. The Morgan fingerprint density at radius 1 is 1.21 bits per heavy atom. The van der Waals surface area contributed by atoms with Gasteiger partial charge in [0.15, 0.2) is 6.10 Å². The maximum absolute atomic E-state index is 10.7. The molecule has 1 aliphatic heterocycles. The Balaban J connectivity index is 1.90. The fourth-order valence-corrected chi connectivity index (χ4v) is 2.76. The number of carbonyl (C=O) groups is 1. The topological polar surface area (TPSA) is 46.5 Å². The molecule has 3 nitrogen and oxygen atoms in total. The fraction of sp³-hybridized carbons (Fsp3) is 0.909. The zero-order valence-electron chi connectivity index (χ0n) is 8.50. The molecule has 1 aliphatic carbocycles. The molecule has 1 saturated heterocycles. The van der Waals surface area contributed by atoms with Crippen LogP contribution in [0.4, 0.5) is 0 Å². The monoisotopic (exact) mass is 198 g/mol. The summed E-state index contributed by atoms with van der Waals surface area (Å²) in [7, 11) is 0. The quantitative estimate of drug-likeness (QED) is 0.702. The van der Waals surface area contributed by atoms with Crippen LogP contribution in [-0.2, 0) is 9.53 Å². The van der Waals surface area contributed by atoms with Gasteiger partial charge in [-0.25, -0.2) is 4.79 Å². The summed E-state index contributed by atoms with van der Waals surface area (Å²) >= 11 is 0. The maximum Gasteiger partial charge on any atom is 0.332 e. The van der Waals surface area contributed by atoms with Crippen LogP contribution in [-0.4, -0.2) is 23.8 Å². The molecule has 0 bridgehead atoms. The third-order valence-electron chi connectivity index (χ3n) is 3.72. The highest BCUT2D eigenvalue weighted by molar-refractivity contribution is 5.72. The SMILES string of the molecule is O=C(O)C1CCC2(CCCCC2)CO1. The number of aliphatic carboxylic acids is 1. The molecule has 0 radical (unpaired) electrons. The van der Waals surface area contributed by atoms with Crippen molar-refractivity contribution in [1.82, 2.24) is 0 Å². The number of carboxylic acids is 1. The summed E-state index contributed by atoms with van der Waals surface area (Å²) in [5, 5.41) is 8.80. The van der Waals surface area contributed by atoms with Gasteiger partial charge in [-0.3, -0.25) is 0 Å². The van der Waals surface area contributed by atoms with Gasteiger partial charge in [-0.1, -0.05) is 19.3 Å². The maximum atomic E-state index is 10.7. The van der Waals surface area contributed by atoms with E-state index in [0.717, 1.165) is 6.42 Å². The van der Waals surface area contributed by atoms with Crippen LogP contribution in [0.15, 0.2) is 0 Å². The van der Waals surface area contributed by atoms with Crippen LogP contribution < -0.4 is 0 Å². The lowest BCUT2D eigenvalue weighted by atomic mass is 9.70. The highest BCUT2D eigenvalue weighted by Gasteiger charge is 2.38. The second kappa shape index (κ2) is 3.89. The van der Waals surface area contributed by atoms with Crippen molar-refractivity contribution in [3.63, 3.8) is 0 Å². The second-order valence-electron chi connectivity index (χ2n) is 4.74. The fourth-order valence-electron chi connectivity index (χ4n) is 2.76. The Morgan fingerprint density at radius 2 is 1.93 bits per heavy atom. The van der Waals surface area contributed by atoms with Crippen LogP contribution in [0.25, 0.3) is 0 Å². The zero-order chi connectivity index (χ0) is 10.0. The summed E-state index contributed by atoms with van der Waals surface area (Å²) in [6.07, 6.45) is 7.60. The van der Waals surface area contributed by atoms with Gasteiger partial charge in [0.2, 0.25) is 0 Å². The molecular weight excluding hydrogens is 180 g/mol. The highest BCUT2D eigenvalue weighted by atomic mass is 16.5. The molecule has 2 aliphatic rings. The van der Waals surface area contributed by atoms with Gasteiger partial charge in [0.05, 0.1) is 6.61 Å². The summed E-state index contributed by atoms with van der Waals surface area (Å²) in [4.78, 5) is 10.7. The molecule has 80 valence electrons. The van der Waals surface area contributed by atoms with Crippen molar-refractivity contribution >= 4 is 5.97 Å². The van der Waals surface area contributed by atoms with E-state index in [1.54, 1.807) is 0 Å². The van der Waals surface area contributed by atoms with Crippen molar-refractivity contribution in [3.05, 3.63) is 0 Å². The van der Waals surface area contributed by atoms with Gasteiger partial charge in [0.25, 0.3) is 0 Å². The van der Waals surface area contributed by atoms with E-state index in [4.69, 9.17) is 9.84 Å². The molecular formula is C11H18O3. The number of hydrogen-bond acceptors (Lipinski definition) is 2. The van der Waals surface area contributed by atoms with Gasteiger partial charge in [-0.05, 0) is 31.1 Å². The van der Waals surface area contributed by atoms with Gasteiger partial charge in [-0.2, -0.15) is 0 Å². The Labute approximate surface area is 84.4 Å². The molecule has 1 heterocycles. The smallest absolute Gasteiger partial charge is 0.332 e. The van der Waals surface area contributed by atoms with Crippen molar-refractivity contribution in [2.45, 2.75) is 51.0 Å². The molecule has 2 rings (SSSR count). The van der Waals surface area contributed by atoms with E-state index in [-0.39, 0.29) is 0 Å². The predicted octanol–water partition coefficient (Wildman–Crippen LogP) is 2.20. The molecule has 3 heteroatoms. The lowest BCUT2D eigenvalue weighted by molar-refractivity contribution is -0.161. The predicted molar refractivity (Wildman–Crippen MR) is 52.1 cm³/mol. The minimum Gasteiger partial charge on any atom is -0.479 e. The highest BCUT2D eigenvalue weighted by Crippen LogP contribution is 2.43. The summed E-state index contributed by atoms with van der Waals surface area (Å²) in [5.74, 6) is -0.796. The summed E-state index contributed by atoms with van der Waals surface area (Å²) < 4.78 is 5.43. The average molecular weight is 198 g/mol. The van der Waals surface area contributed by atoms with E-state index in [0.29, 0.717) is 18.4 Å². The first-order valence-electron chi connectivity index (χ1n) is 5.56. The number of carboxylic acid groups (broad SMARTS) is 1. The largest absolute Gasteiger partial charge is 0.479 e. The normalized spacial score (nSPS) is 31.6. The van der Waals surface area contributed by atoms with Crippen LogP contribution in [0, 0.1) is 5.41 Å². The first kappa shape index (κ1) is 9.97. The van der Waals surface area contributed by atoms with E-state index in [1.807, 2.05) is 0 Å². The van der Waals surface area contributed by atoms with Gasteiger partial charge in [-0.15, -0.1) is 0 Å². The lowest BCUT2D eigenvalue weighted by Gasteiger charge is -2.41. The second-order valence-corrected chi connectivity index (χ2v) is 4.74. The summed E-state index contributed by atoms with van der Waals surface area (Å²) in [6.45, 7) is 0.671. The van der Waals surface area contributed by atoms with E-state index in [9.17, 15) is 4.79 Å². The molecule has 2 fully saturated rings. The van der Waals surface area contributed by atoms with Crippen LogP contribution in [0.1, 0.15) is 44.9 Å². The Kier molecular flexibility index (Phi) is 2.77. The van der Waals surface area contributed by atoms with E-state index >= 15 is 0 Å². The Bertz CT molecular complexity index is 209. The van der Waals surface area contributed by atoms with E-state index in [2.05, 4.69) is 0 Å². The van der Waals surface area contributed by atoms with E-state index in [1.165, 1.54) is 32.1 Å². The Morgan fingerprint density at radius 3 is 2.43 bits per heavy atom. The first-order valence-corrected chi connectivity index (χ1v) is 5.56. The van der Waals surface area contributed by atoms with Crippen molar-refractivity contribution in [2.75, 3.05) is 6.61 Å². The molecule has 0 amide bonds. The van der Waals surface area contributed by atoms with Crippen molar-refractivity contribution in [2.24, 2.45) is 5.41 Å². The van der Waals surface area contributed by atoms with Crippen LogP contribution in [0.3, 0.4) is 0 Å². The van der Waals surface area contributed by atoms with Crippen molar-refractivity contribution in [1.29, 1.82) is 0 Å². The summed E-state index contributed by atoms with van der Waals surface area (Å²) in [6, 6.07) is 0. The Hall–Kier alpha value is -0.570. The third-order valence-corrected chi connectivity index (χ3v) is 3.72. The van der Waals surface area contributed by atoms with Gasteiger partial charge >= 0.3 is 5.97 Å². The van der Waals surface area contributed by atoms with E-state index < -0.39 is 12.1 Å². The minimum absolute atomic E-state index is 0.338. The molecule has 0 aromatic carbocycles. The molecule has 0 aromatic rings. The van der Waals surface area contributed by atoms with Crippen LogP contribution in [0.2, 0.25) is 0 Å². The minimum atomic E-state index is -0.796.